The van der Waals surface area contributed by atoms with Crippen LogP contribution in [0, 0.1) is 18.6 Å². The number of ether oxygens (including phenoxy) is 1. The minimum absolute atomic E-state index is 0.0881. The van der Waals surface area contributed by atoms with E-state index in [9.17, 15) is 13.6 Å². The van der Waals surface area contributed by atoms with E-state index in [1.807, 2.05) is 6.07 Å². The summed E-state index contributed by atoms with van der Waals surface area (Å²) in [7, 11) is 0. The van der Waals surface area contributed by atoms with Crippen LogP contribution >= 0.6 is 11.3 Å². The third-order valence-electron chi connectivity index (χ3n) is 5.31. The molecule has 152 valence electrons. The molecule has 29 heavy (non-hydrogen) atoms. The number of carbonyl (C=O) groups is 1. The maximum Gasteiger partial charge on any atom is 0.261 e. The van der Waals surface area contributed by atoms with Gasteiger partial charge in [0.25, 0.3) is 5.91 Å². The minimum atomic E-state index is -0.312. The summed E-state index contributed by atoms with van der Waals surface area (Å²) in [5.74, 6) is -0.822. The van der Waals surface area contributed by atoms with Gasteiger partial charge in [-0.3, -0.25) is 9.69 Å². The lowest BCUT2D eigenvalue weighted by molar-refractivity contribution is 0.0162. The number of carbonyl (C=O) groups excluding carboxylic acids is 1. The molecule has 0 saturated carbocycles. The second kappa shape index (κ2) is 8.57. The molecule has 1 aliphatic heterocycles. The molecule has 4 nitrogen and oxygen atoms in total. The minimum Gasteiger partial charge on any atom is -0.379 e. The molecule has 1 fully saturated rings. The van der Waals surface area contributed by atoms with E-state index < -0.39 is 0 Å². The standard InChI is InChI=1S/C22H22F2N2O2S/c1-14-20-17(24)3-2-4-19(20)29-21(14)22(27)25-13-18(26-9-11-28-12-10-26)15-5-7-16(23)8-6-15/h2-8,18H,9-13H2,1H3,(H,25,27). The van der Waals surface area contributed by atoms with Gasteiger partial charge < -0.3 is 10.1 Å². The van der Waals surface area contributed by atoms with Gasteiger partial charge >= 0.3 is 0 Å². The molecular formula is C22H22F2N2O2S. The zero-order valence-electron chi connectivity index (χ0n) is 16.1. The van der Waals surface area contributed by atoms with E-state index in [0.717, 1.165) is 23.4 Å². The zero-order chi connectivity index (χ0) is 20.4. The molecule has 2 aromatic carbocycles. The Morgan fingerprint density at radius 2 is 1.90 bits per heavy atom. The Kier molecular flexibility index (Phi) is 5.89. The molecule has 0 spiro atoms. The molecule has 0 bridgehead atoms. The first-order valence-electron chi connectivity index (χ1n) is 9.57. The van der Waals surface area contributed by atoms with Gasteiger partial charge in [-0.05, 0) is 42.3 Å². The fraction of sp³-hybridized carbons (Fsp3) is 0.318. The lowest BCUT2D eigenvalue weighted by atomic mass is 10.0. The van der Waals surface area contributed by atoms with E-state index in [4.69, 9.17) is 4.74 Å². The zero-order valence-corrected chi connectivity index (χ0v) is 16.9. The number of nitrogens with zero attached hydrogens (tertiary/aromatic N) is 1. The van der Waals surface area contributed by atoms with E-state index in [2.05, 4.69) is 10.2 Å². The second-order valence-corrected chi connectivity index (χ2v) is 8.15. The number of fused-ring (bicyclic) bond motifs is 1. The number of aryl methyl sites for hydroxylation is 1. The number of benzene rings is 2. The molecule has 2 heterocycles. The summed E-state index contributed by atoms with van der Waals surface area (Å²) in [6.45, 7) is 4.88. The van der Waals surface area contributed by atoms with Crippen LogP contribution in [0.5, 0.6) is 0 Å². The Labute approximate surface area is 172 Å². The highest BCUT2D eigenvalue weighted by molar-refractivity contribution is 7.21. The number of hydrogen-bond donors (Lipinski definition) is 1. The van der Waals surface area contributed by atoms with Gasteiger partial charge in [-0.15, -0.1) is 11.3 Å². The summed E-state index contributed by atoms with van der Waals surface area (Å²) in [6, 6.07) is 11.2. The quantitative estimate of drug-likeness (QED) is 0.675. The number of rotatable bonds is 5. The predicted molar refractivity (Wildman–Crippen MR) is 110 cm³/mol. The van der Waals surface area contributed by atoms with Crippen LogP contribution in [0.25, 0.3) is 10.1 Å². The lowest BCUT2D eigenvalue weighted by Gasteiger charge is -2.35. The van der Waals surface area contributed by atoms with Gasteiger partial charge in [-0.1, -0.05) is 18.2 Å². The molecule has 1 aromatic heterocycles. The molecule has 1 amide bonds. The summed E-state index contributed by atoms with van der Waals surface area (Å²) in [5, 5.41) is 3.51. The first kappa shape index (κ1) is 19.9. The van der Waals surface area contributed by atoms with Crippen LogP contribution < -0.4 is 5.32 Å². The van der Waals surface area contributed by atoms with Gasteiger partial charge in [0.15, 0.2) is 0 Å². The van der Waals surface area contributed by atoms with E-state index in [1.54, 1.807) is 25.1 Å². The van der Waals surface area contributed by atoms with Gasteiger partial charge in [0, 0.05) is 29.7 Å². The van der Waals surface area contributed by atoms with Crippen LogP contribution in [-0.4, -0.2) is 43.7 Å². The van der Waals surface area contributed by atoms with Crippen molar-refractivity contribution in [2.45, 2.75) is 13.0 Å². The van der Waals surface area contributed by atoms with Crippen molar-refractivity contribution in [1.29, 1.82) is 0 Å². The van der Waals surface area contributed by atoms with E-state index in [1.165, 1.54) is 29.5 Å². The van der Waals surface area contributed by atoms with Crippen LogP contribution in [0.4, 0.5) is 8.78 Å². The number of thiophene rings is 1. The molecule has 3 aromatic rings. The van der Waals surface area contributed by atoms with Crippen LogP contribution in [0.2, 0.25) is 0 Å². The highest BCUT2D eigenvalue weighted by Crippen LogP contribution is 2.32. The smallest absolute Gasteiger partial charge is 0.261 e. The molecule has 1 unspecified atom stereocenters. The fourth-order valence-electron chi connectivity index (χ4n) is 3.77. The molecule has 1 atom stereocenters. The molecular weight excluding hydrogens is 394 g/mol. The van der Waals surface area contributed by atoms with Crippen LogP contribution in [-0.2, 0) is 4.74 Å². The van der Waals surface area contributed by atoms with Crippen molar-refractivity contribution in [2.24, 2.45) is 0 Å². The first-order chi connectivity index (χ1) is 14.0. The van der Waals surface area contributed by atoms with Crippen LogP contribution in [0.1, 0.15) is 26.8 Å². The highest BCUT2D eigenvalue weighted by Gasteiger charge is 2.24. The Balaban J connectivity index is 1.55. The maximum atomic E-state index is 14.2. The Hall–Kier alpha value is -2.35. The van der Waals surface area contributed by atoms with Crippen LogP contribution in [0.15, 0.2) is 42.5 Å². The molecule has 0 radical (unpaired) electrons. The van der Waals surface area contributed by atoms with Crippen molar-refractivity contribution in [1.82, 2.24) is 10.2 Å². The van der Waals surface area contributed by atoms with Crippen molar-refractivity contribution >= 4 is 27.3 Å². The Morgan fingerprint density at radius 1 is 1.17 bits per heavy atom. The molecule has 1 aliphatic rings. The van der Waals surface area contributed by atoms with Crippen molar-refractivity contribution in [2.75, 3.05) is 32.8 Å². The average Bonchev–Trinajstić information content (AvgIpc) is 3.08. The molecule has 1 saturated heterocycles. The number of halogens is 2. The topological polar surface area (TPSA) is 41.6 Å². The monoisotopic (exact) mass is 416 g/mol. The van der Waals surface area contributed by atoms with Crippen molar-refractivity contribution in [3.8, 4) is 0 Å². The SMILES string of the molecule is Cc1c(C(=O)NCC(c2ccc(F)cc2)N2CCOCC2)sc2cccc(F)c12. The number of amides is 1. The van der Waals surface area contributed by atoms with Gasteiger partial charge in [0.05, 0.1) is 24.1 Å². The molecule has 7 heteroatoms. The average molecular weight is 416 g/mol. The maximum absolute atomic E-state index is 14.2. The first-order valence-corrected chi connectivity index (χ1v) is 10.4. The summed E-state index contributed by atoms with van der Waals surface area (Å²) < 4.78 is 33.7. The fourth-order valence-corrected chi connectivity index (χ4v) is 4.91. The Bertz CT molecular complexity index is 1010. The predicted octanol–water partition coefficient (Wildman–Crippen LogP) is 4.29. The van der Waals surface area contributed by atoms with Crippen molar-refractivity contribution in [3.63, 3.8) is 0 Å². The normalized spacial score (nSPS) is 16.1. The van der Waals surface area contributed by atoms with Crippen molar-refractivity contribution in [3.05, 3.63) is 70.1 Å². The number of hydrogen-bond acceptors (Lipinski definition) is 4. The molecule has 0 aliphatic carbocycles. The number of nitrogens with one attached hydrogen (secondary N) is 1. The summed E-state index contributed by atoms with van der Waals surface area (Å²) in [4.78, 5) is 15.6. The van der Waals surface area contributed by atoms with Gasteiger partial charge in [0.1, 0.15) is 11.6 Å². The largest absolute Gasteiger partial charge is 0.379 e. The van der Waals surface area contributed by atoms with Crippen LogP contribution in [0.3, 0.4) is 0 Å². The molecule has 4 rings (SSSR count). The van der Waals surface area contributed by atoms with Gasteiger partial charge in [-0.2, -0.15) is 0 Å². The lowest BCUT2D eigenvalue weighted by Crippen LogP contribution is -2.43. The van der Waals surface area contributed by atoms with E-state index >= 15 is 0 Å². The second-order valence-electron chi connectivity index (χ2n) is 7.09. The van der Waals surface area contributed by atoms with E-state index in [-0.39, 0.29) is 23.6 Å². The van der Waals surface area contributed by atoms with E-state index in [0.29, 0.717) is 35.6 Å². The third-order valence-corrected chi connectivity index (χ3v) is 6.56. The van der Waals surface area contributed by atoms with Crippen molar-refractivity contribution < 1.29 is 18.3 Å². The van der Waals surface area contributed by atoms with Gasteiger partial charge in [-0.25, -0.2) is 8.78 Å². The number of morpholine rings is 1. The summed E-state index contributed by atoms with van der Waals surface area (Å²) in [6.07, 6.45) is 0. The highest BCUT2D eigenvalue weighted by atomic mass is 32.1. The summed E-state index contributed by atoms with van der Waals surface area (Å²) >= 11 is 1.30. The van der Waals surface area contributed by atoms with Gasteiger partial charge in [0.2, 0.25) is 0 Å². The third kappa shape index (κ3) is 4.17. The summed E-state index contributed by atoms with van der Waals surface area (Å²) in [5.41, 5.74) is 1.60. The Morgan fingerprint density at radius 3 is 2.59 bits per heavy atom. The molecule has 1 N–H and O–H groups in total.